The Balaban J connectivity index is 1.87. The smallest absolute Gasteiger partial charge is 0.251 e. The summed E-state index contributed by atoms with van der Waals surface area (Å²) in [5.74, 6) is -1.08. The van der Waals surface area contributed by atoms with Crippen LogP contribution in [0.15, 0.2) is 47.4 Å². The fraction of sp³-hybridized carbons (Fsp3) is 0.318. The third kappa shape index (κ3) is 7.02. The number of hydrogen-bond donors (Lipinski definition) is 2. The van der Waals surface area contributed by atoms with Gasteiger partial charge < -0.3 is 10.6 Å². The Morgan fingerprint density at radius 3 is 2.52 bits per heavy atom. The Labute approximate surface area is 174 Å². The molecule has 0 aliphatic carbocycles. The lowest BCUT2D eigenvalue weighted by atomic mass is 10.1. The highest BCUT2D eigenvalue weighted by molar-refractivity contribution is 8.00. The highest BCUT2D eigenvalue weighted by Crippen LogP contribution is 2.22. The van der Waals surface area contributed by atoms with Crippen LogP contribution in [0.2, 0.25) is 0 Å². The summed E-state index contributed by atoms with van der Waals surface area (Å²) in [7, 11) is 0. The molecule has 0 radical (unpaired) electrons. The fourth-order valence-electron chi connectivity index (χ4n) is 2.46. The maximum atomic E-state index is 14.0. The summed E-state index contributed by atoms with van der Waals surface area (Å²) in [5, 5.41) is 5.67. The van der Waals surface area contributed by atoms with Gasteiger partial charge in [0.2, 0.25) is 5.91 Å². The molecule has 2 aromatic rings. The SMILES string of the molecule is CCC(C)NC(=O)c1cccc(CNC(=O)CSc2ccc(C(C)=O)cc2F)c1. The summed E-state index contributed by atoms with van der Waals surface area (Å²) in [6.07, 6.45) is 0.844. The monoisotopic (exact) mass is 416 g/mol. The molecule has 0 aromatic heterocycles. The van der Waals surface area contributed by atoms with E-state index in [0.29, 0.717) is 16.0 Å². The van der Waals surface area contributed by atoms with Crippen LogP contribution in [-0.4, -0.2) is 29.4 Å². The van der Waals surface area contributed by atoms with E-state index in [0.717, 1.165) is 23.7 Å². The molecule has 0 bridgehead atoms. The van der Waals surface area contributed by atoms with E-state index in [2.05, 4.69) is 10.6 Å². The van der Waals surface area contributed by atoms with E-state index in [-0.39, 0.29) is 35.9 Å². The van der Waals surface area contributed by atoms with Crippen LogP contribution in [0, 0.1) is 5.82 Å². The molecule has 0 saturated carbocycles. The number of ketones is 1. The van der Waals surface area contributed by atoms with E-state index in [1.165, 1.54) is 19.1 Å². The first-order valence-electron chi connectivity index (χ1n) is 9.40. The van der Waals surface area contributed by atoms with Crippen molar-refractivity contribution in [3.05, 3.63) is 65.0 Å². The van der Waals surface area contributed by atoms with E-state index in [9.17, 15) is 18.8 Å². The summed E-state index contributed by atoms with van der Waals surface area (Å²) in [6.45, 7) is 5.59. The number of rotatable bonds is 9. The first kappa shape index (κ1) is 22.6. The predicted molar refractivity (Wildman–Crippen MR) is 113 cm³/mol. The van der Waals surface area contributed by atoms with Crippen molar-refractivity contribution in [3.8, 4) is 0 Å². The molecule has 7 heteroatoms. The molecule has 2 amide bonds. The van der Waals surface area contributed by atoms with Crippen molar-refractivity contribution in [3.63, 3.8) is 0 Å². The zero-order valence-corrected chi connectivity index (χ0v) is 17.6. The largest absolute Gasteiger partial charge is 0.351 e. The lowest BCUT2D eigenvalue weighted by molar-refractivity contribution is -0.118. The second kappa shape index (κ2) is 10.8. The topological polar surface area (TPSA) is 75.3 Å². The van der Waals surface area contributed by atoms with Gasteiger partial charge in [-0.1, -0.05) is 25.1 Å². The van der Waals surface area contributed by atoms with Crippen LogP contribution in [-0.2, 0) is 11.3 Å². The average Bonchev–Trinajstić information content (AvgIpc) is 2.71. The minimum atomic E-state index is -0.518. The number of carbonyl (C=O) groups is 3. The molecule has 0 fully saturated rings. The summed E-state index contributed by atoms with van der Waals surface area (Å²) < 4.78 is 14.0. The van der Waals surface area contributed by atoms with Gasteiger partial charge in [0, 0.05) is 28.6 Å². The molecule has 0 spiro atoms. The fourth-order valence-corrected chi connectivity index (χ4v) is 3.21. The molecule has 2 aromatic carbocycles. The summed E-state index contributed by atoms with van der Waals surface area (Å²) in [5.41, 5.74) is 1.64. The highest BCUT2D eigenvalue weighted by atomic mass is 32.2. The predicted octanol–water partition coefficient (Wildman–Crippen LogP) is 3.97. The Hall–Kier alpha value is -2.67. The number of thioether (sulfide) groups is 1. The minimum absolute atomic E-state index is 0.0462. The molecular weight excluding hydrogens is 391 g/mol. The van der Waals surface area contributed by atoms with Crippen molar-refractivity contribution in [2.45, 2.75) is 44.7 Å². The molecule has 5 nitrogen and oxygen atoms in total. The van der Waals surface area contributed by atoms with Crippen LogP contribution in [0.25, 0.3) is 0 Å². The number of Topliss-reactive ketones (excluding diaryl/α,β-unsaturated/α-hetero) is 1. The summed E-state index contributed by atoms with van der Waals surface area (Å²) in [6, 6.07) is 11.4. The second-order valence-corrected chi connectivity index (χ2v) is 7.77. The Bertz CT molecular complexity index is 901. The molecule has 0 heterocycles. The van der Waals surface area contributed by atoms with Crippen LogP contribution in [0.3, 0.4) is 0 Å². The number of benzene rings is 2. The second-order valence-electron chi connectivity index (χ2n) is 6.75. The van der Waals surface area contributed by atoms with E-state index >= 15 is 0 Å². The van der Waals surface area contributed by atoms with E-state index in [1.54, 1.807) is 24.3 Å². The molecule has 0 aliphatic rings. The van der Waals surface area contributed by atoms with Gasteiger partial charge in [-0.2, -0.15) is 0 Å². The lowest BCUT2D eigenvalue weighted by Crippen LogP contribution is -2.32. The van der Waals surface area contributed by atoms with Crippen LogP contribution in [0.4, 0.5) is 4.39 Å². The van der Waals surface area contributed by atoms with Gasteiger partial charge in [0.05, 0.1) is 5.75 Å². The quantitative estimate of drug-likeness (QED) is 0.479. The van der Waals surface area contributed by atoms with Gasteiger partial charge in [-0.05, 0) is 50.1 Å². The van der Waals surface area contributed by atoms with Crippen molar-refractivity contribution >= 4 is 29.4 Å². The molecule has 2 N–H and O–H groups in total. The standard InChI is InChI=1S/C22H25FN2O3S/c1-4-14(2)25-22(28)18-7-5-6-16(10-18)12-24-21(27)13-29-20-9-8-17(15(3)26)11-19(20)23/h5-11,14H,4,12-13H2,1-3H3,(H,24,27)(H,25,28). The van der Waals surface area contributed by atoms with Crippen molar-refractivity contribution < 1.29 is 18.8 Å². The van der Waals surface area contributed by atoms with Crippen LogP contribution < -0.4 is 10.6 Å². The Morgan fingerprint density at radius 2 is 1.86 bits per heavy atom. The van der Waals surface area contributed by atoms with Gasteiger partial charge in [0.15, 0.2) is 5.78 Å². The van der Waals surface area contributed by atoms with Gasteiger partial charge in [-0.15, -0.1) is 11.8 Å². The molecule has 1 atom stereocenters. The van der Waals surface area contributed by atoms with Crippen molar-refractivity contribution in [1.29, 1.82) is 0 Å². The summed E-state index contributed by atoms with van der Waals surface area (Å²) >= 11 is 1.07. The third-order valence-corrected chi connectivity index (χ3v) is 5.41. The van der Waals surface area contributed by atoms with E-state index in [4.69, 9.17) is 0 Å². The Kier molecular flexibility index (Phi) is 8.39. The van der Waals surface area contributed by atoms with Gasteiger partial charge in [-0.25, -0.2) is 4.39 Å². The molecule has 29 heavy (non-hydrogen) atoms. The molecule has 0 saturated heterocycles. The molecule has 154 valence electrons. The van der Waals surface area contributed by atoms with E-state index < -0.39 is 5.82 Å². The zero-order chi connectivity index (χ0) is 21.4. The van der Waals surface area contributed by atoms with Crippen molar-refractivity contribution in [1.82, 2.24) is 10.6 Å². The van der Waals surface area contributed by atoms with Crippen molar-refractivity contribution in [2.24, 2.45) is 0 Å². The number of amides is 2. The number of nitrogens with one attached hydrogen (secondary N) is 2. The van der Waals surface area contributed by atoms with Crippen LogP contribution >= 0.6 is 11.8 Å². The summed E-state index contributed by atoms with van der Waals surface area (Å²) in [4.78, 5) is 35.9. The average molecular weight is 417 g/mol. The number of carbonyl (C=O) groups excluding carboxylic acids is 3. The normalized spacial score (nSPS) is 11.6. The molecule has 2 rings (SSSR count). The first-order valence-corrected chi connectivity index (χ1v) is 10.4. The van der Waals surface area contributed by atoms with Gasteiger partial charge in [-0.3, -0.25) is 14.4 Å². The van der Waals surface area contributed by atoms with E-state index in [1.807, 2.05) is 19.9 Å². The van der Waals surface area contributed by atoms with Crippen LogP contribution in [0.5, 0.6) is 0 Å². The number of halogens is 1. The first-order chi connectivity index (χ1) is 13.8. The zero-order valence-electron chi connectivity index (χ0n) is 16.8. The highest BCUT2D eigenvalue weighted by Gasteiger charge is 2.11. The van der Waals surface area contributed by atoms with Gasteiger partial charge in [0.25, 0.3) is 5.91 Å². The third-order valence-electron chi connectivity index (χ3n) is 4.37. The van der Waals surface area contributed by atoms with Gasteiger partial charge >= 0.3 is 0 Å². The molecular formula is C22H25FN2O3S. The minimum Gasteiger partial charge on any atom is -0.351 e. The number of hydrogen-bond acceptors (Lipinski definition) is 4. The molecule has 0 aliphatic heterocycles. The maximum absolute atomic E-state index is 14.0. The maximum Gasteiger partial charge on any atom is 0.251 e. The lowest BCUT2D eigenvalue weighted by Gasteiger charge is -2.12. The van der Waals surface area contributed by atoms with Crippen LogP contribution in [0.1, 0.15) is 53.5 Å². The van der Waals surface area contributed by atoms with Crippen molar-refractivity contribution in [2.75, 3.05) is 5.75 Å². The van der Waals surface area contributed by atoms with Gasteiger partial charge in [0.1, 0.15) is 5.82 Å². The molecule has 1 unspecified atom stereocenters. The Morgan fingerprint density at radius 1 is 1.10 bits per heavy atom.